The summed E-state index contributed by atoms with van der Waals surface area (Å²) in [6.45, 7) is 0. The monoisotopic (exact) mass is 488 g/mol. The van der Waals surface area contributed by atoms with Crippen LogP contribution in [0, 0.1) is 0 Å². The first-order valence-corrected chi connectivity index (χ1v) is 8.96. The molecule has 2 aromatic rings. The lowest BCUT2D eigenvalue weighted by molar-refractivity contribution is -0.115. The zero-order valence-electron chi connectivity index (χ0n) is 12.0. The minimum Gasteiger partial charge on any atom is -0.506 e. The van der Waals surface area contributed by atoms with Gasteiger partial charge in [0.25, 0.3) is 0 Å². The minimum atomic E-state index is -0.362. The van der Waals surface area contributed by atoms with Crippen molar-refractivity contribution in [2.45, 2.75) is 0 Å². The van der Waals surface area contributed by atoms with E-state index in [1.54, 1.807) is 42.5 Å². The Bertz CT molecular complexity index is 787. The molecule has 124 valence electrons. The highest BCUT2D eigenvalue weighted by molar-refractivity contribution is 9.11. The van der Waals surface area contributed by atoms with E-state index in [-0.39, 0.29) is 16.8 Å². The van der Waals surface area contributed by atoms with E-state index in [4.69, 9.17) is 23.8 Å². The summed E-state index contributed by atoms with van der Waals surface area (Å²) in [7, 11) is 0. The molecule has 0 bridgehead atoms. The van der Waals surface area contributed by atoms with Crippen molar-refractivity contribution in [3.05, 3.63) is 62.0 Å². The molecule has 0 aromatic heterocycles. The second kappa shape index (κ2) is 8.62. The van der Waals surface area contributed by atoms with Crippen LogP contribution in [0.4, 0.5) is 5.69 Å². The maximum absolute atomic E-state index is 11.9. The van der Waals surface area contributed by atoms with Gasteiger partial charge in [-0.15, -0.1) is 0 Å². The molecule has 0 heterocycles. The van der Waals surface area contributed by atoms with Gasteiger partial charge >= 0.3 is 0 Å². The number of carbonyl (C=O) groups is 1. The van der Waals surface area contributed by atoms with Gasteiger partial charge in [-0.05, 0) is 80.0 Å². The van der Waals surface area contributed by atoms with Gasteiger partial charge in [-0.1, -0.05) is 23.7 Å². The molecule has 4 nitrogen and oxygen atoms in total. The Morgan fingerprint density at radius 1 is 1.17 bits per heavy atom. The van der Waals surface area contributed by atoms with Gasteiger partial charge in [-0.2, -0.15) is 0 Å². The Morgan fingerprint density at radius 2 is 1.75 bits per heavy atom. The van der Waals surface area contributed by atoms with Crippen molar-refractivity contribution < 1.29 is 9.90 Å². The molecule has 1 amide bonds. The molecule has 0 spiro atoms. The van der Waals surface area contributed by atoms with E-state index in [0.717, 1.165) is 5.56 Å². The summed E-state index contributed by atoms with van der Waals surface area (Å²) in [6, 6.07) is 10.4. The molecule has 0 fully saturated rings. The molecule has 2 aromatic carbocycles. The van der Waals surface area contributed by atoms with Crippen LogP contribution in [-0.4, -0.2) is 16.1 Å². The number of rotatable bonds is 3. The predicted octanol–water partition coefficient (Wildman–Crippen LogP) is 5.10. The minimum absolute atomic E-state index is 0.0846. The number of aromatic hydroxyl groups is 1. The molecule has 0 saturated heterocycles. The highest BCUT2D eigenvalue weighted by Gasteiger charge is 2.08. The van der Waals surface area contributed by atoms with E-state index in [1.165, 1.54) is 6.08 Å². The Labute approximate surface area is 166 Å². The summed E-state index contributed by atoms with van der Waals surface area (Å²) in [5.41, 5.74) is 1.46. The Hall–Kier alpha value is -1.41. The van der Waals surface area contributed by atoms with Gasteiger partial charge in [0, 0.05) is 16.8 Å². The van der Waals surface area contributed by atoms with Crippen LogP contribution in [0.1, 0.15) is 5.56 Å². The molecule has 0 aliphatic rings. The molecule has 3 N–H and O–H groups in total. The molecule has 24 heavy (non-hydrogen) atoms. The predicted molar refractivity (Wildman–Crippen MR) is 108 cm³/mol. The van der Waals surface area contributed by atoms with Crippen LogP contribution in [0.15, 0.2) is 51.4 Å². The van der Waals surface area contributed by atoms with Crippen LogP contribution in [0.5, 0.6) is 5.75 Å². The fourth-order valence-electron chi connectivity index (χ4n) is 1.70. The van der Waals surface area contributed by atoms with E-state index in [1.807, 2.05) is 0 Å². The van der Waals surface area contributed by atoms with Gasteiger partial charge in [-0.3, -0.25) is 10.1 Å². The van der Waals surface area contributed by atoms with Crippen LogP contribution in [0.3, 0.4) is 0 Å². The summed E-state index contributed by atoms with van der Waals surface area (Å²) >= 11 is 17.3. The molecular formula is C16H11Br2ClN2O2S. The van der Waals surface area contributed by atoms with Gasteiger partial charge in [-0.25, -0.2) is 0 Å². The molecule has 0 saturated carbocycles. The number of carbonyl (C=O) groups excluding carboxylic acids is 1. The largest absolute Gasteiger partial charge is 0.506 e. The van der Waals surface area contributed by atoms with Gasteiger partial charge < -0.3 is 10.4 Å². The van der Waals surface area contributed by atoms with E-state index >= 15 is 0 Å². The second-order valence-corrected chi connectivity index (χ2v) is 7.17. The van der Waals surface area contributed by atoms with E-state index in [0.29, 0.717) is 19.7 Å². The van der Waals surface area contributed by atoms with Crippen LogP contribution < -0.4 is 10.6 Å². The number of halogens is 3. The maximum Gasteiger partial charge on any atom is 0.250 e. The fourth-order valence-corrected chi connectivity index (χ4v) is 3.23. The summed E-state index contributed by atoms with van der Waals surface area (Å²) in [5.74, 6) is -0.277. The first-order chi connectivity index (χ1) is 11.3. The summed E-state index contributed by atoms with van der Waals surface area (Å²) in [5, 5.41) is 15.8. The van der Waals surface area contributed by atoms with Gasteiger partial charge in [0.2, 0.25) is 5.91 Å². The molecule has 0 radical (unpaired) electrons. The summed E-state index contributed by atoms with van der Waals surface area (Å²) in [6.07, 6.45) is 3.03. The quantitative estimate of drug-likeness (QED) is 0.318. The van der Waals surface area contributed by atoms with Crippen molar-refractivity contribution in [2.75, 3.05) is 5.32 Å². The van der Waals surface area contributed by atoms with Gasteiger partial charge in [0.05, 0.1) is 8.95 Å². The molecule has 2 rings (SSSR count). The Balaban J connectivity index is 1.94. The van der Waals surface area contributed by atoms with Gasteiger partial charge in [0.15, 0.2) is 5.11 Å². The van der Waals surface area contributed by atoms with Crippen LogP contribution in [-0.2, 0) is 4.79 Å². The van der Waals surface area contributed by atoms with Crippen LogP contribution in [0.2, 0.25) is 5.02 Å². The number of thiocarbonyl (C=S) groups is 1. The third-order valence-electron chi connectivity index (χ3n) is 2.81. The molecule has 0 aliphatic carbocycles. The topological polar surface area (TPSA) is 61.4 Å². The summed E-state index contributed by atoms with van der Waals surface area (Å²) in [4.78, 5) is 11.9. The zero-order valence-corrected chi connectivity index (χ0v) is 16.8. The third kappa shape index (κ3) is 5.59. The highest BCUT2D eigenvalue weighted by atomic mass is 79.9. The first-order valence-electron chi connectivity index (χ1n) is 6.59. The number of anilines is 1. The first kappa shape index (κ1) is 18.9. The van der Waals surface area contributed by atoms with Crippen molar-refractivity contribution in [1.29, 1.82) is 0 Å². The molecule has 8 heteroatoms. The lowest BCUT2D eigenvalue weighted by atomic mass is 10.2. The van der Waals surface area contributed by atoms with E-state index in [2.05, 4.69) is 42.5 Å². The SMILES string of the molecule is O=C(C=Cc1ccc(Cl)cc1)NC(=S)Nc1cc(Br)c(O)c(Br)c1. The smallest absolute Gasteiger partial charge is 0.250 e. The Morgan fingerprint density at radius 3 is 2.33 bits per heavy atom. The lowest BCUT2D eigenvalue weighted by Crippen LogP contribution is -2.32. The van der Waals surface area contributed by atoms with Crippen molar-refractivity contribution in [3.63, 3.8) is 0 Å². The number of amides is 1. The van der Waals surface area contributed by atoms with Crippen LogP contribution in [0.25, 0.3) is 6.08 Å². The van der Waals surface area contributed by atoms with Crippen LogP contribution >= 0.6 is 55.7 Å². The van der Waals surface area contributed by atoms with E-state index in [9.17, 15) is 9.90 Å². The average molecular weight is 491 g/mol. The number of hydrogen-bond donors (Lipinski definition) is 3. The number of hydrogen-bond acceptors (Lipinski definition) is 3. The molecule has 0 unspecified atom stereocenters. The molecular weight excluding hydrogens is 480 g/mol. The number of phenolic OH excluding ortho intramolecular Hbond substituents is 1. The standard InChI is InChI=1S/C16H11Br2ClN2O2S/c17-12-7-11(8-13(18)15(12)23)20-16(24)21-14(22)6-3-9-1-4-10(19)5-2-9/h1-8,23H,(H2,20,21,22,24). The molecule has 0 aliphatic heterocycles. The zero-order chi connectivity index (χ0) is 17.7. The highest BCUT2D eigenvalue weighted by Crippen LogP contribution is 2.35. The Kier molecular flexibility index (Phi) is 6.79. The lowest BCUT2D eigenvalue weighted by Gasteiger charge is -2.10. The molecule has 0 atom stereocenters. The van der Waals surface area contributed by atoms with Crippen molar-refractivity contribution in [2.24, 2.45) is 0 Å². The van der Waals surface area contributed by atoms with Crippen molar-refractivity contribution >= 4 is 78.5 Å². The number of nitrogens with one attached hydrogen (secondary N) is 2. The van der Waals surface area contributed by atoms with Gasteiger partial charge in [0.1, 0.15) is 5.75 Å². The van der Waals surface area contributed by atoms with Crippen molar-refractivity contribution in [1.82, 2.24) is 5.32 Å². The summed E-state index contributed by atoms with van der Waals surface area (Å²) < 4.78 is 0.993. The normalized spacial score (nSPS) is 10.6. The fraction of sp³-hybridized carbons (Fsp3) is 0. The van der Waals surface area contributed by atoms with E-state index < -0.39 is 0 Å². The maximum atomic E-state index is 11.9. The van der Waals surface area contributed by atoms with Crippen molar-refractivity contribution in [3.8, 4) is 5.75 Å². The average Bonchev–Trinajstić information content (AvgIpc) is 2.52. The second-order valence-electron chi connectivity index (χ2n) is 4.62. The number of phenols is 1. The third-order valence-corrected chi connectivity index (χ3v) is 4.47. The number of benzene rings is 2.